The number of para-hydroxylation sites is 1. The molecule has 1 N–H and O–H groups in total. The molecule has 1 fully saturated rings. The number of amides is 1. The van der Waals surface area contributed by atoms with Crippen molar-refractivity contribution in [3.05, 3.63) is 34.4 Å². The number of carbonyl (C=O) groups is 2. The van der Waals surface area contributed by atoms with Crippen molar-refractivity contribution in [2.75, 3.05) is 19.7 Å². The van der Waals surface area contributed by atoms with E-state index in [-0.39, 0.29) is 12.5 Å². The normalized spacial score (nSPS) is 15.4. The van der Waals surface area contributed by atoms with E-state index in [1.807, 2.05) is 24.3 Å². The highest BCUT2D eigenvalue weighted by molar-refractivity contribution is 9.10. The van der Waals surface area contributed by atoms with Crippen molar-refractivity contribution in [3.8, 4) is 0 Å². The summed E-state index contributed by atoms with van der Waals surface area (Å²) in [6.45, 7) is 1.31. The summed E-state index contributed by atoms with van der Waals surface area (Å²) < 4.78 is 5.87. The van der Waals surface area contributed by atoms with Crippen molar-refractivity contribution in [2.24, 2.45) is 0 Å². The molecule has 0 saturated carbocycles. The summed E-state index contributed by atoms with van der Waals surface area (Å²) in [6.07, 6.45) is 4.36. The van der Waals surface area contributed by atoms with Gasteiger partial charge in [0.2, 0.25) is 0 Å². The van der Waals surface area contributed by atoms with E-state index in [2.05, 4.69) is 20.9 Å². The average Bonchev–Trinajstić information content (AvgIpc) is 2.76. The molecule has 1 saturated heterocycles. The van der Waals surface area contributed by atoms with Gasteiger partial charge in [0.15, 0.2) is 6.61 Å². The molecule has 2 aromatic rings. The Labute approximate surface area is 143 Å². The minimum absolute atomic E-state index is 0.118. The molecular weight excluding hydrogens is 360 g/mol. The van der Waals surface area contributed by atoms with E-state index < -0.39 is 5.97 Å². The molecule has 0 radical (unpaired) electrons. The molecule has 122 valence electrons. The minimum Gasteiger partial charge on any atom is -0.451 e. The number of aromatic nitrogens is 1. The van der Waals surface area contributed by atoms with Crippen LogP contribution < -0.4 is 0 Å². The Morgan fingerprint density at radius 2 is 1.83 bits per heavy atom. The third-order valence-electron chi connectivity index (χ3n) is 4.13. The van der Waals surface area contributed by atoms with E-state index in [0.717, 1.165) is 49.7 Å². The van der Waals surface area contributed by atoms with Crippen LogP contribution in [0, 0.1) is 0 Å². The molecule has 0 unspecified atom stereocenters. The van der Waals surface area contributed by atoms with Gasteiger partial charge in [-0.2, -0.15) is 0 Å². The molecule has 2 heterocycles. The third-order valence-corrected chi connectivity index (χ3v) is 4.96. The van der Waals surface area contributed by atoms with E-state index in [9.17, 15) is 9.59 Å². The second-order valence-electron chi connectivity index (χ2n) is 5.73. The van der Waals surface area contributed by atoms with E-state index in [1.54, 1.807) is 4.90 Å². The molecule has 23 heavy (non-hydrogen) atoms. The van der Waals surface area contributed by atoms with Crippen molar-refractivity contribution in [3.63, 3.8) is 0 Å². The van der Waals surface area contributed by atoms with Crippen LogP contribution in [0.4, 0.5) is 0 Å². The summed E-state index contributed by atoms with van der Waals surface area (Å²) in [4.78, 5) is 29.2. The van der Waals surface area contributed by atoms with Crippen LogP contribution in [0.15, 0.2) is 28.7 Å². The van der Waals surface area contributed by atoms with Gasteiger partial charge >= 0.3 is 5.97 Å². The quantitative estimate of drug-likeness (QED) is 0.831. The molecule has 6 heteroatoms. The lowest BCUT2D eigenvalue weighted by Gasteiger charge is -2.19. The third kappa shape index (κ3) is 3.58. The number of likely N-dealkylation sites (tertiary alicyclic amines) is 1. The molecule has 0 bridgehead atoms. The van der Waals surface area contributed by atoms with Crippen molar-refractivity contribution >= 4 is 38.7 Å². The summed E-state index contributed by atoms with van der Waals surface area (Å²) in [5.74, 6) is -0.635. The van der Waals surface area contributed by atoms with E-state index in [0.29, 0.717) is 10.2 Å². The van der Waals surface area contributed by atoms with Crippen LogP contribution in [-0.4, -0.2) is 41.5 Å². The van der Waals surface area contributed by atoms with Gasteiger partial charge in [-0.25, -0.2) is 4.79 Å². The maximum absolute atomic E-state index is 12.2. The molecule has 5 nitrogen and oxygen atoms in total. The Bertz CT molecular complexity index is 718. The number of nitrogens with one attached hydrogen (secondary N) is 1. The predicted molar refractivity (Wildman–Crippen MR) is 91.3 cm³/mol. The second-order valence-corrected chi connectivity index (χ2v) is 6.52. The van der Waals surface area contributed by atoms with Gasteiger partial charge in [0.05, 0.1) is 4.47 Å². The Morgan fingerprint density at radius 1 is 1.13 bits per heavy atom. The van der Waals surface area contributed by atoms with E-state index in [1.165, 1.54) is 0 Å². The first-order valence-corrected chi connectivity index (χ1v) is 8.67. The summed E-state index contributed by atoms with van der Waals surface area (Å²) in [6, 6.07) is 7.59. The topological polar surface area (TPSA) is 62.4 Å². The van der Waals surface area contributed by atoms with Gasteiger partial charge in [-0.1, -0.05) is 31.0 Å². The highest BCUT2D eigenvalue weighted by atomic mass is 79.9. The Kier molecular flexibility index (Phi) is 5.00. The molecule has 1 aliphatic heterocycles. The fourth-order valence-corrected chi connectivity index (χ4v) is 3.47. The van der Waals surface area contributed by atoms with Crippen LogP contribution in [0.5, 0.6) is 0 Å². The predicted octanol–water partition coefficient (Wildman–Crippen LogP) is 3.49. The molecule has 1 amide bonds. The average molecular weight is 379 g/mol. The minimum atomic E-state index is -0.517. The smallest absolute Gasteiger partial charge is 0.356 e. The van der Waals surface area contributed by atoms with Gasteiger partial charge < -0.3 is 14.6 Å². The maximum Gasteiger partial charge on any atom is 0.356 e. The summed E-state index contributed by atoms with van der Waals surface area (Å²) in [7, 11) is 0. The van der Waals surface area contributed by atoms with Gasteiger partial charge in [0.25, 0.3) is 5.91 Å². The first-order chi connectivity index (χ1) is 11.2. The molecule has 0 spiro atoms. The Hall–Kier alpha value is -1.82. The highest BCUT2D eigenvalue weighted by Gasteiger charge is 2.20. The molecule has 0 aliphatic carbocycles. The summed E-state index contributed by atoms with van der Waals surface area (Å²) in [5.41, 5.74) is 1.19. The molecule has 0 atom stereocenters. The molecule has 1 aromatic carbocycles. The number of rotatable bonds is 3. The zero-order valence-electron chi connectivity index (χ0n) is 12.8. The molecule has 3 rings (SSSR count). The van der Waals surface area contributed by atoms with Crippen LogP contribution in [0.3, 0.4) is 0 Å². The fraction of sp³-hybridized carbons (Fsp3) is 0.412. The number of carbonyl (C=O) groups excluding carboxylic acids is 2. The number of aromatic amines is 1. The van der Waals surface area contributed by atoms with Gasteiger partial charge in [-0.3, -0.25) is 4.79 Å². The van der Waals surface area contributed by atoms with Crippen LogP contribution in [0.25, 0.3) is 10.9 Å². The number of H-pyrrole nitrogens is 1. The first kappa shape index (κ1) is 16.1. The lowest BCUT2D eigenvalue weighted by Crippen LogP contribution is -2.35. The first-order valence-electron chi connectivity index (χ1n) is 7.88. The van der Waals surface area contributed by atoms with Crippen LogP contribution in [0.2, 0.25) is 0 Å². The van der Waals surface area contributed by atoms with Crippen molar-refractivity contribution in [2.45, 2.75) is 25.7 Å². The second kappa shape index (κ2) is 7.17. The molecule has 1 aromatic heterocycles. The standard InChI is InChI=1S/C17H19BrN2O3/c18-15-12-7-3-4-8-13(12)19-16(15)17(22)23-11-14(21)20-9-5-1-2-6-10-20/h3-4,7-8,19H,1-2,5-6,9-11H2. The van der Waals surface area contributed by atoms with Gasteiger partial charge in [-0.05, 0) is 34.8 Å². The Morgan fingerprint density at radius 3 is 2.52 bits per heavy atom. The number of hydrogen-bond donors (Lipinski definition) is 1. The highest BCUT2D eigenvalue weighted by Crippen LogP contribution is 2.28. The van der Waals surface area contributed by atoms with Crippen molar-refractivity contribution in [1.29, 1.82) is 0 Å². The van der Waals surface area contributed by atoms with Crippen LogP contribution >= 0.6 is 15.9 Å². The zero-order valence-corrected chi connectivity index (χ0v) is 14.4. The van der Waals surface area contributed by atoms with Crippen LogP contribution in [-0.2, 0) is 9.53 Å². The summed E-state index contributed by atoms with van der Waals surface area (Å²) >= 11 is 3.42. The maximum atomic E-state index is 12.2. The number of fused-ring (bicyclic) bond motifs is 1. The van der Waals surface area contributed by atoms with Crippen molar-refractivity contribution < 1.29 is 14.3 Å². The van der Waals surface area contributed by atoms with E-state index >= 15 is 0 Å². The number of esters is 1. The number of hydrogen-bond acceptors (Lipinski definition) is 3. The number of nitrogens with zero attached hydrogens (tertiary/aromatic N) is 1. The molecule has 1 aliphatic rings. The van der Waals surface area contributed by atoms with Crippen LogP contribution in [0.1, 0.15) is 36.2 Å². The van der Waals surface area contributed by atoms with Gasteiger partial charge in [0.1, 0.15) is 5.69 Å². The van der Waals surface area contributed by atoms with Crippen molar-refractivity contribution in [1.82, 2.24) is 9.88 Å². The zero-order chi connectivity index (χ0) is 16.2. The largest absolute Gasteiger partial charge is 0.451 e. The number of halogens is 1. The van der Waals surface area contributed by atoms with Gasteiger partial charge in [0, 0.05) is 24.0 Å². The lowest BCUT2D eigenvalue weighted by atomic mass is 10.2. The number of ether oxygens (including phenoxy) is 1. The molecular formula is C17H19BrN2O3. The number of benzene rings is 1. The fourth-order valence-electron chi connectivity index (χ4n) is 2.86. The van der Waals surface area contributed by atoms with Gasteiger partial charge in [-0.15, -0.1) is 0 Å². The monoisotopic (exact) mass is 378 g/mol. The summed E-state index contributed by atoms with van der Waals surface area (Å²) in [5, 5.41) is 0.915. The lowest BCUT2D eigenvalue weighted by molar-refractivity contribution is -0.134. The SMILES string of the molecule is O=C(OCC(=O)N1CCCCCC1)c1[nH]c2ccccc2c1Br. The Balaban J connectivity index is 1.64. The van der Waals surface area contributed by atoms with E-state index in [4.69, 9.17) is 4.74 Å².